The second-order valence-electron chi connectivity index (χ2n) is 7.18. The lowest BCUT2D eigenvalue weighted by molar-refractivity contribution is 0.0792. The van der Waals surface area contributed by atoms with E-state index in [9.17, 15) is 9.59 Å². The van der Waals surface area contributed by atoms with Gasteiger partial charge in [0.25, 0.3) is 11.8 Å². The third-order valence-electron chi connectivity index (χ3n) is 4.71. The summed E-state index contributed by atoms with van der Waals surface area (Å²) in [5.41, 5.74) is 1.77. The van der Waals surface area contributed by atoms with E-state index in [0.29, 0.717) is 29.2 Å². The molecule has 0 atom stereocenters. The smallest absolute Gasteiger partial charge is 0.259 e. The normalized spacial score (nSPS) is 13.6. The van der Waals surface area contributed by atoms with Crippen molar-refractivity contribution in [3.05, 3.63) is 59.7 Å². The molecule has 1 aliphatic heterocycles. The number of hydrogen-bond acceptors (Lipinski definition) is 4. The number of amides is 2. The molecule has 3 rings (SSSR count). The molecular formula is C22H27N3O3. The number of nitrogens with zero attached hydrogens (tertiary/aromatic N) is 2. The number of nitrogens with one attached hydrogen (secondary N) is 1. The van der Waals surface area contributed by atoms with Gasteiger partial charge in [0.15, 0.2) is 0 Å². The summed E-state index contributed by atoms with van der Waals surface area (Å²) in [4.78, 5) is 29.0. The summed E-state index contributed by atoms with van der Waals surface area (Å²) >= 11 is 0. The number of carbonyl (C=O) groups excluding carboxylic acids is 2. The van der Waals surface area contributed by atoms with E-state index in [4.69, 9.17) is 4.74 Å². The van der Waals surface area contributed by atoms with Crippen LogP contribution in [0.25, 0.3) is 0 Å². The molecule has 1 heterocycles. The van der Waals surface area contributed by atoms with Gasteiger partial charge in [0.05, 0.1) is 5.56 Å². The molecule has 1 N–H and O–H groups in total. The van der Waals surface area contributed by atoms with Gasteiger partial charge >= 0.3 is 0 Å². The SMILES string of the molecule is CN(C)CCOc1ccccc1C(=O)Nc1ccc(C(=O)N2CCCC2)cc1. The minimum Gasteiger partial charge on any atom is -0.491 e. The molecule has 0 aromatic heterocycles. The van der Waals surface area contributed by atoms with Crippen LogP contribution >= 0.6 is 0 Å². The fourth-order valence-corrected chi connectivity index (χ4v) is 3.12. The van der Waals surface area contributed by atoms with Gasteiger partial charge in [-0.15, -0.1) is 0 Å². The number of hydrogen-bond donors (Lipinski definition) is 1. The Morgan fingerprint density at radius 2 is 1.71 bits per heavy atom. The van der Waals surface area contributed by atoms with E-state index in [1.807, 2.05) is 36.0 Å². The molecule has 6 heteroatoms. The molecule has 1 saturated heterocycles. The molecule has 0 aliphatic carbocycles. The van der Waals surface area contributed by atoms with Crippen molar-refractivity contribution in [1.82, 2.24) is 9.80 Å². The minimum absolute atomic E-state index is 0.0509. The standard InChI is InChI=1S/C22H27N3O3/c1-24(2)15-16-28-20-8-4-3-7-19(20)21(26)23-18-11-9-17(10-12-18)22(27)25-13-5-6-14-25/h3-4,7-12H,5-6,13-16H2,1-2H3,(H,23,26). The first-order valence-electron chi connectivity index (χ1n) is 9.62. The summed E-state index contributed by atoms with van der Waals surface area (Å²) in [6.07, 6.45) is 2.13. The van der Waals surface area contributed by atoms with E-state index in [-0.39, 0.29) is 11.8 Å². The topological polar surface area (TPSA) is 61.9 Å². The Labute approximate surface area is 166 Å². The molecule has 0 bridgehead atoms. The molecule has 28 heavy (non-hydrogen) atoms. The van der Waals surface area contributed by atoms with Gasteiger partial charge < -0.3 is 19.9 Å². The minimum atomic E-state index is -0.237. The summed E-state index contributed by atoms with van der Waals surface area (Å²) in [6.45, 7) is 2.91. The predicted molar refractivity (Wildman–Crippen MR) is 110 cm³/mol. The van der Waals surface area contributed by atoms with Crippen LogP contribution < -0.4 is 10.1 Å². The van der Waals surface area contributed by atoms with E-state index in [0.717, 1.165) is 32.5 Å². The van der Waals surface area contributed by atoms with Gasteiger partial charge in [-0.25, -0.2) is 0 Å². The lowest BCUT2D eigenvalue weighted by atomic mass is 10.1. The Balaban J connectivity index is 1.64. The molecule has 0 radical (unpaired) electrons. The van der Waals surface area contributed by atoms with Crippen LogP contribution in [0.2, 0.25) is 0 Å². The molecule has 0 unspecified atom stereocenters. The summed E-state index contributed by atoms with van der Waals surface area (Å²) in [5.74, 6) is 0.372. The lowest BCUT2D eigenvalue weighted by Crippen LogP contribution is -2.27. The third kappa shape index (κ3) is 5.10. The number of ether oxygens (including phenoxy) is 1. The lowest BCUT2D eigenvalue weighted by Gasteiger charge is -2.16. The maximum Gasteiger partial charge on any atom is 0.259 e. The molecule has 1 aliphatic rings. The Kier molecular flexibility index (Phi) is 6.66. The predicted octanol–water partition coefficient (Wildman–Crippen LogP) is 3.12. The number of carbonyl (C=O) groups is 2. The van der Waals surface area contributed by atoms with Gasteiger partial charge in [-0.05, 0) is 63.3 Å². The zero-order chi connectivity index (χ0) is 19.9. The fraction of sp³-hybridized carbons (Fsp3) is 0.364. The summed E-state index contributed by atoms with van der Waals surface area (Å²) in [7, 11) is 3.94. The highest BCUT2D eigenvalue weighted by Crippen LogP contribution is 2.21. The van der Waals surface area contributed by atoms with Crippen molar-refractivity contribution in [2.75, 3.05) is 45.7 Å². The van der Waals surface area contributed by atoms with Crippen LogP contribution in [0, 0.1) is 0 Å². The van der Waals surface area contributed by atoms with Crippen molar-refractivity contribution in [2.45, 2.75) is 12.8 Å². The van der Waals surface area contributed by atoms with E-state index >= 15 is 0 Å². The van der Waals surface area contributed by atoms with Gasteiger partial charge in [-0.2, -0.15) is 0 Å². The van der Waals surface area contributed by atoms with Crippen LogP contribution in [0.4, 0.5) is 5.69 Å². The molecule has 0 spiro atoms. The van der Waals surface area contributed by atoms with Crippen LogP contribution in [0.5, 0.6) is 5.75 Å². The first-order valence-corrected chi connectivity index (χ1v) is 9.62. The monoisotopic (exact) mass is 381 g/mol. The molecule has 2 aromatic carbocycles. The third-order valence-corrected chi connectivity index (χ3v) is 4.71. The number of rotatable bonds is 7. The number of likely N-dealkylation sites (tertiary alicyclic amines) is 1. The van der Waals surface area contributed by atoms with E-state index in [1.165, 1.54) is 0 Å². The maximum atomic E-state index is 12.7. The summed E-state index contributed by atoms with van der Waals surface area (Å²) in [5, 5.41) is 2.88. The highest BCUT2D eigenvalue weighted by molar-refractivity contribution is 6.06. The number of likely N-dealkylation sites (N-methyl/N-ethyl adjacent to an activating group) is 1. The van der Waals surface area contributed by atoms with Crippen molar-refractivity contribution < 1.29 is 14.3 Å². The Morgan fingerprint density at radius 1 is 1.04 bits per heavy atom. The fourth-order valence-electron chi connectivity index (χ4n) is 3.12. The van der Waals surface area contributed by atoms with E-state index in [1.54, 1.807) is 36.4 Å². The van der Waals surface area contributed by atoms with Crippen LogP contribution in [0.3, 0.4) is 0 Å². The zero-order valence-electron chi connectivity index (χ0n) is 16.5. The van der Waals surface area contributed by atoms with Crippen LogP contribution in [-0.4, -0.2) is 62.0 Å². The van der Waals surface area contributed by atoms with Crippen molar-refractivity contribution in [3.8, 4) is 5.75 Å². The largest absolute Gasteiger partial charge is 0.491 e. The van der Waals surface area contributed by atoms with Gasteiger partial charge in [-0.3, -0.25) is 9.59 Å². The summed E-state index contributed by atoms with van der Waals surface area (Å²) < 4.78 is 5.76. The molecule has 148 valence electrons. The van der Waals surface area contributed by atoms with Crippen molar-refractivity contribution in [3.63, 3.8) is 0 Å². The van der Waals surface area contributed by atoms with Gasteiger partial charge in [0, 0.05) is 30.9 Å². The molecular weight excluding hydrogens is 354 g/mol. The van der Waals surface area contributed by atoms with Gasteiger partial charge in [0.2, 0.25) is 0 Å². The number of anilines is 1. The van der Waals surface area contributed by atoms with Crippen LogP contribution in [0.1, 0.15) is 33.6 Å². The first-order chi connectivity index (χ1) is 13.5. The van der Waals surface area contributed by atoms with Crippen molar-refractivity contribution >= 4 is 17.5 Å². The maximum absolute atomic E-state index is 12.7. The van der Waals surface area contributed by atoms with Crippen LogP contribution in [-0.2, 0) is 0 Å². The van der Waals surface area contributed by atoms with Gasteiger partial charge in [-0.1, -0.05) is 12.1 Å². The van der Waals surface area contributed by atoms with Crippen molar-refractivity contribution in [1.29, 1.82) is 0 Å². The molecule has 6 nitrogen and oxygen atoms in total. The van der Waals surface area contributed by atoms with Gasteiger partial charge in [0.1, 0.15) is 12.4 Å². The number of para-hydroxylation sites is 1. The van der Waals surface area contributed by atoms with Crippen molar-refractivity contribution in [2.24, 2.45) is 0 Å². The average Bonchev–Trinajstić information content (AvgIpc) is 3.23. The number of benzene rings is 2. The average molecular weight is 381 g/mol. The van der Waals surface area contributed by atoms with E-state index in [2.05, 4.69) is 5.32 Å². The molecule has 2 amide bonds. The molecule has 0 saturated carbocycles. The second kappa shape index (κ2) is 9.37. The quantitative estimate of drug-likeness (QED) is 0.801. The molecule has 1 fully saturated rings. The summed E-state index contributed by atoms with van der Waals surface area (Å²) in [6, 6.07) is 14.2. The highest BCUT2D eigenvalue weighted by atomic mass is 16.5. The zero-order valence-corrected chi connectivity index (χ0v) is 16.5. The first kappa shape index (κ1) is 19.9. The molecule has 2 aromatic rings. The Morgan fingerprint density at radius 3 is 2.39 bits per heavy atom. The Bertz CT molecular complexity index is 812. The van der Waals surface area contributed by atoms with E-state index < -0.39 is 0 Å². The second-order valence-corrected chi connectivity index (χ2v) is 7.18. The Hall–Kier alpha value is -2.86. The highest BCUT2D eigenvalue weighted by Gasteiger charge is 2.19. The van der Waals surface area contributed by atoms with Crippen LogP contribution in [0.15, 0.2) is 48.5 Å².